The van der Waals surface area contributed by atoms with E-state index in [9.17, 15) is 49.5 Å². The summed E-state index contributed by atoms with van der Waals surface area (Å²) in [5.74, 6) is -4.62. The van der Waals surface area contributed by atoms with Crippen molar-refractivity contribution in [2.24, 2.45) is 0 Å². The number of carboxylic acids is 5. The van der Waals surface area contributed by atoms with Gasteiger partial charge in [-0.15, -0.1) is 0 Å². The second-order valence-corrected chi connectivity index (χ2v) is 10.9. The maximum atomic E-state index is 9.85. The number of carbonyl (C=O) groups is 5. The number of unbranched alkanes of at least 4 members (excludes halogenated alkanes) is 15. The third kappa shape index (κ3) is 90.1. The fraction of sp³-hybridized carbons (Fsp3) is 0.857. The predicted octanol–water partition coefficient (Wildman–Crippen LogP) is 3.53. The number of rotatable bonds is 25. The molecule has 0 aliphatic heterocycles. The maximum Gasteiger partial charge on any atom is 5.00 e. The Morgan fingerprint density at radius 1 is 0.283 bits per heavy atom. The fourth-order valence-electron chi connectivity index (χ4n) is 3.48. The standard InChI is InChI=1S/5C7H14O2.Nb/c5*1-2-3-4-5-6-7(8)9;/h5*2-6H2,1H3,(H,8,9);/q;;;;;+5/p-5. The van der Waals surface area contributed by atoms with Gasteiger partial charge in [0.1, 0.15) is 0 Å². The molecule has 0 rings (SSSR count). The molecule has 0 fully saturated rings. The summed E-state index contributed by atoms with van der Waals surface area (Å²) in [6, 6.07) is 0. The van der Waals surface area contributed by atoms with Crippen molar-refractivity contribution in [3.05, 3.63) is 0 Å². The Bertz CT molecular complexity index is 530. The van der Waals surface area contributed by atoms with E-state index in [1.165, 1.54) is 0 Å². The van der Waals surface area contributed by atoms with Crippen molar-refractivity contribution in [2.75, 3.05) is 0 Å². The molecule has 0 aromatic heterocycles. The average molecular weight is 739 g/mol. The Kier molecular flexibility index (Phi) is 64.5. The molecule has 0 aromatic rings. The molecule has 0 heterocycles. The molecule has 46 heavy (non-hydrogen) atoms. The van der Waals surface area contributed by atoms with Crippen LogP contribution in [0.5, 0.6) is 0 Å². The zero-order valence-electron chi connectivity index (χ0n) is 29.7. The van der Waals surface area contributed by atoms with Crippen LogP contribution in [0.3, 0.4) is 0 Å². The Balaban J connectivity index is -0.000000108. The first kappa shape index (κ1) is 56.4. The minimum absolute atomic E-state index is 0. The van der Waals surface area contributed by atoms with Crippen LogP contribution in [0.2, 0.25) is 0 Å². The van der Waals surface area contributed by atoms with Crippen LogP contribution in [-0.2, 0) is 46.4 Å². The topological polar surface area (TPSA) is 201 Å². The minimum atomic E-state index is -0.925. The van der Waals surface area contributed by atoms with Crippen LogP contribution in [0.1, 0.15) is 195 Å². The minimum Gasteiger partial charge on any atom is -0.550 e. The summed E-state index contributed by atoms with van der Waals surface area (Å²) in [4.78, 5) is 49.3. The van der Waals surface area contributed by atoms with Crippen molar-refractivity contribution in [3.8, 4) is 0 Å². The van der Waals surface area contributed by atoms with Crippen molar-refractivity contribution < 1.29 is 71.9 Å². The van der Waals surface area contributed by atoms with Gasteiger partial charge in [-0.1, -0.05) is 131 Å². The predicted molar refractivity (Wildman–Crippen MR) is 169 cm³/mol. The van der Waals surface area contributed by atoms with E-state index in [1.807, 2.05) is 0 Å². The first-order chi connectivity index (χ1) is 21.4. The normalized spacial score (nSPS) is 9.24. The Hall–Kier alpha value is -1.91. The number of aliphatic carboxylic acids is 5. The number of hydrogen-bond donors (Lipinski definition) is 0. The third-order valence-corrected chi connectivity index (χ3v) is 6.17. The van der Waals surface area contributed by atoms with Crippen molar-refractivity contribution >= 4 is 29.8 Å². The van der Waals surface area contributed by atoms with E-state index in [-0.39, 0.29) is 54.5 Å². The summed E-state index contributed by atoms with van der Waals surface area (Å²) in [5, 5.41) is 49.3. The smallest absolute Gasteiger partial charge is 0.550 e. The van der Waals surface area contributed by atoms with Crippen molar-refractivity contribution in [1.82, 2.24) is 0 Å². The van der Waals surface area contributed by atoms with E-state index in [2.05, 4.69) is 34.6 Å². The SMILES string of the molecule is CCCCCCC(=O)[O-].CCCCCCC(=O)[O-].CCCCCCC(=O)[O-].CCCCCCC(=O)[O-].CCCCCCC(=O)[O-].[Nb+5]. The molecule has 0 aliphatic rings. The summed E-state index contributed by atoms with van der Waals surface area (Å²) in [6.45, 7) is 10.5. The zero-order chi connectivity index (χ0) is 35.6. The Morgan fingerprint density at radius 2 is 0.413 bits per heavy atom. The van der Waals surface area contributed by atoms with Crippen molar-refractivity contribution in [2.45, 2.75) is 195 Å². The largest absolute Gasteiger partial charge is 5.00 e. The fourth-order valence-corrected chi connectivity index (χ4v) is 3.48. The van der Waals surface area contributed by atoms with Crippen LogP contribution >= 0.6 is 0 Å². The van der Waals surface area contributed by atoms with Gasteiger partial charge in [-0.3, -0.25) is 0 Å². The van der Waals surface area contributed by atoms with Crippen molar-refractivity contribution in [3.63, 3.8) is 0 Å². The third-order valence-electron chi connectivity index (χ3n) is 6.17. The molecule has 0 atom stereocenters. The number of carboxylic acid groups (broad SMARTS) is 5. The van der Waals surface area contributed by atoms with E-state index in [4.69, 9.17) is 0 Å². The van der Waals surface area contributed by atoms with Crippen LogP contribution in [0, 0.1) is 0 Å². The average Bonchev–Trinajstić information content (AvgIpc) is 2.97. The molecule has 0 spiro atoms. The van der Waals surface area contributed by atoms with E-state index in [1.54, 1.807) is 0 Å². The molecule has 10 nitrogen and oxygen atoms in total. The van der Waals surface area contributed by atoms with E-state index in [0.717, 1.165) is 128 Å². The summed E-state index contributed by atoms with van der Waals surface area (Å²) >= 11 is 0. The van der Waals surface area contributed by atoms with E-state index < -0.39 is 29.8 Å². The van der Waals surface area contributed by atoms with Gasteiger partial charge in [-0.25, -0.2) is 0 Å². The summed E-state index contributed by atoms with van der Waals surface area (Å²) in [7, 11) is 0. The molecule has 0 N–H and O–H groups in total. The van der Waals surface area contributed by atoms with Gasteiger partial charge in [0.05, 0.1) is 0 Å². The summed E-state index contributed by atoms with van der Waals surface area (Å²) in [6.07, 6.45) is 21.5. The second-order valence-electron chi connectivity index (χ2n) is 10.9. The molecule has 0 radical (unpaired) electrons. The Labute approximate surface area is 296 Å². The van der Waals surface area contributed by atoms with E-state index in [0.29, 0.717) is 0 Å². The summed E-state index contributed by atoms with van der Waals surface area (Å²) in [5.41, 5.74) is 0. The van der Waals surface area contributed by atoms with Gasteiger partial charge >= 0.3 is 22.4 Å². The molecule has 0 unspecified atom stereocenters. The first-order valence-corrected chi connectivity index (χ1v) is 17.3. The van der Waals surface area contributed by atoms with Crippen LogP contribution in [0.15, 0.2) is 0 Å². The molecule has 0 saturated carbocycles. The molecule has 0 saturated heterocycles. The maximum absolute atomic E-state index is 9.85. The monoisotopic (exact) mass is 738 g/mol. The molecular weight excluding hydrogens is 673 g/mol. The van der Waals surface area contributed by atoms with E-state index >= 15 is 0 Å². The second kappa shape index (κ2) is 52.6. The van der Waals surface area contributed by atoms with Crippen LogP contribution in [0.25, 0.3) is 0 Å². The molecule has 0 aromatic carbocycles. The first-order valence-electron chi connectivity index (χ1n) is 17.3. The molecule has 0 amide bonds. The van der Waals surface area contributed by atoms with Crippen LogP contribution < -0.4 is 25.5 Å². The molecule has 0 bridgehead atoms. The number of carbonyl (C=O) groups excluding carboxylic acids is 5. The van der Waals surface area contributed by atoms with Crippen LogP contribution in [0.4, 0.5) is 0 Å². The van der Waals surface area contributed by atoms with Gasteiger partial charge in [0.15, 0.2) is 0 Å². The van der Waals surface area contributed by atoms with Crippen LogP contribution in [-0.4, -0.2) is 29.8 Å². The Morgan fingerprint density at radius 3 is 0.500 bits per heavy atom. The van der Waals surface area contributed by atoms with Crippen molar-refractivity contribution in [1.29, 1.82) is 0 Å². The summed E-state index contributed by atoms with van der Waals surface area (Å²) < 4.78 is 0. The van der Waals surface area contributed by atoms with Gasteiger partial charge in [-0.2, -0.15) is 0 Å². The van der Waals surface area contributed by atoms with Gasteiger partial charge in [-0.05, 0) is 64.2 Å². The van der Waals surface area contributed by atoms with Gasteiger partial charge in [0, 0.05) is 29.8 Å². The van der Waals surface area contributed by atoms with Gasteiger partial charge in [0.2, 0.25) is 0 Å². The number of hydrogen-bond acceptors (Lipinski definition) is 10. The quantitative estimate of drug-likeness (QED) is 0.0986. The van der Waals surface area contributed by atoms with Gasteiger partial charge in [0.25, 0.3) is 0 Å². The molecular formula is C35H65NbO10. The molecule has 0 aliphatic carbocycles. The van der Waals surface area contributed by atoms with Gasteiger partial charge < -0.3 is 49.5 Å². The zero-order valence-corrected chi connectivity index (χ0v) is 31.9. The molecule has 11 heteroatoms. The molecule has 270 valence electrons.